The monoisotopic (exact) mass is 311 g/mol. The van der Waals surface area contributed by atoms with Crippen LogP contribution in [-0.2, 0) is 13.5 Å². The van der Waals surface area contributed by atoms with E-state index in [-0.39, 0.29) is 6.03 Å². The van der Waals surface area contributed by atoms with E-state index in [0.29, 0.717) is 19.0 Å². The Labute approximate surface area is 130 Å². The van der Waals surface area contributed by atoms with E-state index in [1.807, 2.05) is 11.6 Å². The van der Waals surface area contributed by atoms with Gasteiger partial charge in [-0.2, -0.15) is 0 Å². The SMILES string of the molecule is CCSc1nnc(CCNC(=O)NC2CCCCC2)n1C. The molecule has 0 aromatic carbocycles. The average molecular weight is 311 g/mol. The first kappa shape index (κ1) is 16.1. The highest BCUT2D eigenvalue weighted by Crippen LogP contribution is 2.17. The number of nitrogens with zero attached hydrogens (tertiary/aromatic N) is 3. The Morgan fingerprint density at radius 1 is 1.33 bits per heavy atom. The first-order valence-corrected chi connectivity index (χ1v) is 8.74. The number of rotatable bonds is 6. The molecular formula is C14H25N5OS. The highest BCUT2D eigenvalue weighted by atomic mass is 32.2. The summed E-state index contributed by atoms with van der Waals surface area (Å²) in [4.78, 5) is 11.8. The molecule has 2 amide bonds. The minimum absolute atomic E-state index is 0.0628. The fraction of sp³-hybridized carbons (Fsp3) is 0.786. The van der Waals surface area contributed by atoms with Gasteiger partial charge in [-0.15, -0.1) is 10.2 Å². The number of hydrogen-bond acceptors (Lipinski definition) is 4. The molecule has 1 aliphatic carbocycles. The number of carbonyl (C=O) groups is 1. The zero-order valence-corrected chi connectivity index (χ0v) is 13.7. The molecule has 1 fully saturated rings. The molecular weight excluding hydrogens is 286 g/mol. The van der Waals surface area contributed by atoms with Crippen LogP contribution in [-0.4, -0.2) is 39.1 Å². The zero-order valence-electron chi connectivity index (χ0n) is 12.9. The van der Waals surface area contributed by atoms with Gasteiger partial charge in [-0.25, -0.2) is 4.79 Å². The van der Waals surface area contributed by atoms with Crippen molar-refractivity contribution in [3.8, 4) is 0 Å². The lowest BCUT2D eigenvalue weighted by atomic mass is 9.96. The fourth-order valence-electron chi connectivity index (χ4n) is 2.59. The van der Waals surface area contributed by atoms with Gasteiger partial charge in [0.2, 0.25) is 0 Å². The van der Waals surface area contributed by atoms with Gasteiger partial charge in [-0.3, -0.25) is 0 Å². The summed E-state index contributed by atoms with van der Waals surface area (Å²) in [5, 5.41) is 15.2. The molecule has 21 heavy (non-hydrogen) atoms. The lowest BCUT2D eigenvalue weighted by Gasteiger charge is -2.22. The van der Waals surface area contributed by atoms with Gasteiger partial charge in [0.15, 0.2) is 5.16 Å². The molecule has 0 aliphatic heterocycles. The number of thioether (sulfide) groups is 1. The third kappa shape index (κ3) is 4.91. The van der Waals surface area contributed by atoms with Crippen LogP contribution < -0.4 is 10.6 Å². The second kappa shape index (κ2) is 8.26. The van der Waals surface area contributed by atoms with E-state index in [1.54, 1.807) is 11.8 Å². The molecule has 118 valence electrons. The average Bonchev–Trinajstić information content (AvgIpc) is 2.82. The van der Waals surface area contributed by atoms with E-state index in [2.05, 4.69) is 27.8 Å². The van der Waals surface area contributed by atoms with E-state index >= 15 is 0 Å². The molecule has 0 radical (unpaired) electrons. The summed E-state index contributed by atoms with van der Waals surface area (Å²) in [6.07, 6.45) is 6.65. The molecule has 2 N–H and O–H groups in total. The Bertz CT molecular complexity index is 456. The Hall–Kier alpha value is -1.24. The van der Waals surface area contributed by atoms with Crippen LogP contribution in [0.5, 0.6) is 0 Å². The summed E-state index contributed by atoms with van der Waals surface area (Å²) in [5.74, 6) is 1.89. The maximum Gasteiger partial charge on any atom is 0.315 e. The molecule has 0 unspecified atom stereocenters. The lowest BCUT2D eigenvalue weighted by molar-refractivity contribution is 0.232. The predicted octanol–water partition coefficient (Wildman–Crippen LogP) is 2.10. The van der Waals surface area contributed by atoms with Gasteiger partial charge >= 0.3 is 6.03 Å². The van der Waals surface area contributed by atoms with Crippen LogP contribution in [0.25, 0.3) is 0 Å². The molecule has 0 saturated heterocycles. The van der Waals surface area contributed by atoms with Crippen LogP contribution in [0.4, 0.5) is 4.79 Å². The Balaban J connectivity index is 1.69. The summed E-state index contributed by atoms with van der Waals surface area (Å²) in [6.45, 7) is 2.68. The van der Waals surface area contributed by atoms with E-state index in [1.165, 1.54) is 19.3 Å². The normalized spacial score (nSPS) is 15.9. The molecule has 0 spiro atoms. The highest BCUT2D eigenvalue weighted by Gasteiger charge is 2.15. The zero-order chi connectivity index (χ0) is 15.1. The second-order valence-electron chi connectivity index (χ2n) is 5.38. The lowest BCUT2D eigenvalue weighted by Crippen LogP contribution is -2.43. The van der Waals surface area contributed by atoms with Crippen molar-refractivity contribution in [2.45, 2.75) is 56.6 Å². The molecule has 1 heterocycles. The van der Waals surface area contributed by atoms with Gasteiger partial charge in [0, 0.05) is 26.1 Å². The number of aromatic nitrogens is 3. The number of amides is 2. The van der Waals surface area contributed by atoms with Crippen LogP contribution in [0.3, 0.4) is 0 Å². The van der Waals surface area contributed by atoms with E-state index < -0.39 is 0 Å². The smallest absolute Gasteiger partial charge is 0.315 e. The first-order valence-electron chi connectivity index (χ1n) is 7.76. The van der Waals surface area contributed by atoms with Crippen molar-refractivity contribution >= 4 is 17.8 Å². The van der Waals surface area contributed by atoms with Crippen molar-refractivity contribution in [3.05, 3.63) is 5.82 Å². The van der Waals surface area contributed by atoms with Crippen LogP contribution in [0.2, 0.25) is 0 Å². The van der Waals surface area contributed by atoms with E-state index in [9.17, 15) is 4.79 Å². The third-order valence-corrected chi connectivity index (χ3v) is 4.68. The molecule has 1 aliphatic rings. The number of carbonyl (C=O) groups excluding carboxylic acids is 1. The predicted molar refractivity (Wildman–Crippen MR) is 84.5 cm³/mol. The summed E-state index contributed by atoms with van der Waals surface area (Å²) < 4.78 is 1.99. The summed E-state index contributed by atoms with van der Waals surface area (Å²) >= 11 is 1.68. The number of urea groups is 1. The van der Waals surface area contributed by atoms with Crippen molar-refractivity contribution in [3.63, 3.8) is 0 Å². The van der Waals surface area contributed by atoms with Gasteiger partial charge in [0.1, 0.15) is 5.82 Å². The van der Waals surface area contributed by atoms with Gasteiger partial charge < -0.3 is 15.2 Å². The quantitative estimate of drug-likeness (QED) is 0.789. The Kier molecular flexibility index (Phi) is 6.35. The fourth-order valence-corrected chi connectivity index (χ4v) is 3.24. The van der Waals surface area contributed by atoms with Gasteiger partial charge in [-0.05, 0) is 18.6 Å². The minimum atomic E-state index is -0.0628. The van der Waals surface area contributed by atoms with Gasteiger partial charge in [0.05, 0.1) is 0 Å². The third-order valence-electron chi connectivity index (χ3n) is 3.77. The maximum absolute atomic E-state index is 11.8. The van der Waals surface area contributed by atoms with E-state index in [0.717, 1.165) is 29.6 Å². The molecule has 1 aromatic rings. The second-order valence-corrected chi connectivity index (χ2v) is 6.61. The van der Waals surface area contributed by atoms with Crippen LogP contribution in [0.1, 0.15) is 44.9 Å². The van der Waals surface area contributed by atoms with Gasteiger partial charge in [-0.1, -0.05) is 37.9 Å². The topological polar surface area (TPSA) is 71.8 Å². The van der Waals surface area contributed by atoms with Crippen molar-refractivity contribution in [1.82, 2.24) is 25.4 Å². The van der Waals surface area contributed by atoms with Crippen molar-refractivity contribution < 1.29 is 4.79 Å². The highest BCUT2D eigenvalue weighted by molar-refractivity contribution is 7.99. The minimum Gasteiger partial charge on any atom is -0.338 e. The number of hydrogen-bond donors (Lipinski definition) is 2. The standard InChI is InChI=1S/C14H25N5OS/c1-3-21-14-18-17-12(19(14)2)9-10-15-13(20)16-11-7-5-4-6-8-11/h11H,3-10H2,1-2H3,(H2,15,16,20). The van der Waals surface area contributed by atoms with Crippen LogP contribution >= 0.6 is 11.8 Å². The van der Waals surface area contributed by atoms with Crippen molar-refractivity contribution in [2.24, 2.45) is 7.05 Å². The van der Waals surface area contributed by atoms with Crippen molar-refractivity contribution in [2.75, 3.05) is 12.3 Å². The summed E-state index contributed by atoms with van der Waals surface area (Å²) in [6, 6.07) is 0.286. The first-order chi connectivity index (χ1) is 10.2. The molecule has 7 heteroatoms. The van der Waals surface area contributed by atoms with Gasteiger partial charge in [0.25, 0.3) is 0 Å². The molecule has 0 atom stereocenters. The molecule has 1 saturated carbocycles. The molecule has 6 nitrogen and oxygen atoms in total. The molecule has 0 bridgehead atoms. The Morgan fingerprint density at radius 3 is 2.81 bits per heavy atom. The van der Waals surface area contributed by atoms with E-state index in [4.69, 9.17) is 0 Å². The molecule has 1 aromatic heterocycles. The number of nitrogens with one attached hydrogen (secondary N) is 2. The Morgan fingerprint density at radius 2 is 2.10 bits per heavy atom. The summed E-state index contributed by atoms with van der Waals surface area (Å²) in [5.41, 5.74) is 0. The summed E-state index contributed by atoms with van der Waals surface area (Å²) in [7, 11) is 1.97. The largest absolute Gasteiger partial charge is 0.338 e. The van der Waals surface area contributed by atoms with Crippen LogP contribution in [0.15, 0.2) is 5.16 Å². The van der Waals surface area contributed by atoms with Crippen molar-refractivity contribution in [1.29, 1.82) is 0 Å². The maximum atomic E-state index is 11.8. The molecule has 2 rings (SSSR count). The van der Waals surface area contributed by atoms with Crippen LogP contribution in [0, 0.1) is 0 Å².